The first kappa shape index (κ1) is 18.9. The van der Waals surface area contributed by atoms with Crippen molar-refractivity contribution in [2.75, 3.05) is 54.0 Å². The summed E-state index contributed by atoms with van der Waals surface area (Å²) in [6.45, 7) is 8.19. The zero-order chi connectivity index (χ0) is 17.5. The molecule has 1 heterocycles. The molecule has 5 heteroatoms. The van der Waals surface area contributed by atoms with Crippen LogP contribution in [-0.2, 0) is 11.3 Å². The van der Waals surface area contributed by atoms with Crippen LogP contribution in [0.15, 0.2) is 24.3 Å². The highest BCUT2D eigenvalue weighted by Gasteiger charge is 2.25. The summed E-state index contributed by atoms with van der Waals surface area (Å²) in [6.07, 6.45) is 1.15. The molecular weight excluding hydrogens is 302 g/mol. The van der Waals surface area contributed by atoms with Crippen LogP contribution >= 0.6 is 0 Å². The molecule has 0 aliphatic carbocycles. The van der Waals surface area contributed by atoms with Gasteiger partial charge in [-0.1, -0.05) is 19.1 Å². The molecule has 1 aromatic carbocycles. The van der Waals surface area contributed by atoms with Crippen molar-refractivity contribution < 1.29 is 9.53 Å². The van der Waals surface area contributed by atoms with E-state index in [2.05, 4.69) is 22.8 Å². The first-order valence-corrected chi connectivity index (χ1v) is 8.81. The summed E-state index contributed by atoms with van der Waals surface area (Å²) in [4.78, 5) is 18.8. The van der Waals surface area contributed by atoms with Crippen LogP contribution in [0.1, 0.15) is 29.3 Å². The number of rotatable bonds is 7. The van der Waals surface area contributed by atoms with Crippen molar-refractivity contribution in [3.8, 4) is 0 Å². The molecule has 1 aliphatic rings. The molecule has 5 nitrogen and oxygen atoms in total. The Morgan fingerprint density at radius 3 is 2.79 bits per heavy atom. The van der Waals surface area contributed by atoms with Crippen molar-refractivity contribution in [2.24, 2.45) is 0 Å². The van der Waals surface area contributed by atoms with Crippen LogP contribution in [0, 0.1) is 0 Å². The largest absolute Gasteiger partial charge is 0.383 e. The van der Waals surface area contributed by atoms with Gasteiger partial charge < -0.3 is 9.64 Å². The van der Waals surface area contributed by atoms with Crippen molar-refractivity contribution >= 4 is 5.91 Å². The Morgan fingerprint density at radius 2 is 2.12 bits per heavy atom. The zero-order valence-corrected chi connectivity index (χ0v) is 15.5. The van der Waals surface area contributed by atoms with E-state index in [9.17, 15) is 4.79 Å². The van der Waals surface area contributed by atoms with Gasteiger partial charge >= 0.3 is 0 Å². The number of nitrogens with zero attached hydrogens (tertiary/aromatic N) is 3. The quantitative estimate of drug-likeness (QED) is 0.764. The Morgan fingerprint density at radius 1 is 1.33 bits per heavy atom. The first-order chi connectivity index (χ1) is 11.5. The Balaban J connectivity index is 1.97. The molecule has 2 rings (SSSR count). The molecule has 0 N–H and O–H groups in total. The third-order valence-electron chi connectivity index (χ3n) is 4.73. The average molecular weight is 333 g/mol. The lowest BCUT2D eigenvalue weighted by Crippen LogP contribution is -2.53. The van der Waals surface area contributed by atoms with E-state index >= 15 is 0 Å². The maximum absolute atomic E-state index is 12.1. The van der Waals surface area contributed by atoms with Crippen molar-refractivity contribution in [1.82, 2.24) is 14.7 Å². The summed E-state index contributed by atoms with van der Waals surface area (Å²) in [7, 11) is 5.35. The lowest BCUT2D eigenvalue weighted by atomic mass is 10.1. The molecule has 0 spiro atoms. The lowest BCUT2D eigenvalue weighted by molar-refractivity contribution is 0.0465. The Labute approximate surface area is 146 Å². The van der Waals surface area contributed by atoms with Gasteiger partial charge in [0.1, 0.15) is 0 Å². The van der Waals surface area contributed by atoms with E-state index in [0.29, 0.717) is 6.04 Å². The molecule has 1 fully saturated rings. The van der Waals surface area contributed by atoms with Crippen LogP contribution < -0.4 is 0 Å². The van der Waals surface area contributed by atoms with Crippen LogP contribution in [0.25, 0.3) is 0 Å². The summed E-state index contributed by atoms with van der Waals surface area (Å²) in [6, 6.07) is 8.60. The molecule has 0 radical (unpaired) electrons. The fourth-order valence-electron chi connectivity index (χ4n) is 3.31. The first-order valence-electron chi connectivity index (χ1n) is 8.81. The number of carbonyl (C=O) groups excluding carboxylic acids is 1. The van der Waals surface area contributed by atoms with Gasteiger partial charge in [0, 0.05) is 65.5 Å². The van der Waals surface area contributed by atoms with Gasteiger partial charge in [-0.15, -0.1) is 0 Å². The fourth-order valence-corrected chi connectivity index (χ4v) is 3.31. The minimum atomic E-state index is 0.0627. The second-order valence-electron chi connectivity index (χ2n) is 6.73. The molecule has 1 aliphatic heterocycles. The molecule has 1 aromatic rings. The molecule has 1 saturated heterocycles. The molecule has 1 atom stereocenters. The van der Waals surface area contributed by atoms with Crippen molar-refractivity contribution in [3.05, 3.63) is 35.4 Å². The number of ether oxygens (including phenoxy) is 1. The number of hydrogen-bond acceptors (Lipinski definition) is 4. The molecular formula is C19H31N3O2. The van der Waals surface area contributed by atoms with Gasteiger partial charge in [-0.3, -0.25) is 14.6 Å². The smallest absolute Gasteiger partial charge is 0.253 e. The van der Waals surface area contributed by atoms with Crippen LogP contribution in [0.4, 0.5) is 0 Å². The maximum atomic E-state index is 12.1. The standard InChI is InChI=1S/C19H31N3O2/c1-5-18-15-21(9-10-22(18)11-12-24-4)14-16-7-6-8-17(13-16)19(23)20(2)3/h6-8,13,18H,5,9-12,14-15H2,1-4H3. The minimum absolute atomic E-state index is 0.0627. The number of piperazine rings is 1. The summed E-state index contributed by atoms with van der Waals surface area (Å²) in [5.41, 5.74) is 1.98. The van der Waals surface area contributed by atoms with Gasteiger partial charge in [0.2, 0.25) is 0 Å². The molecule has 134 valence electrons. The van der Waals surface area contributed by atoms with Gasteiger partial charge in [0.05, 0.1) is 6.61 Å². The molecule has 0 saturated carbocycles. The normalized spacial score (nSPS) is 19.4. The van der Waals surface area contributed by atoms with Crippen molar-refractivity contribution in [1.29, 1.82) is 0 Å². The topological polar surface area (TPSA) is 36.0 Å². The molecule has 24 heavy (non-hydrogen) atoms. The molecule has 0 bridgehead atoms. The maximum Gasteiger partial charge on any atom is 0.253 e. The van der Waals surface area contributed by atoms with Crippen LogP contribution in [0.2, 0.25) is 0 Å². The highest BCUT2D eigenvalue weighted by Crippen LogP contribution is 2.16. The second-order valence-corrected chi connectivity index (χ2v) is 6.73. The van der Waals surface area contributed by atoms with Crippen LogP contribution in [-0.4, -0.2) is 80.6 Å². The summed E-state index contributed by atoms with van der Waals surface area (Å²) in [5, 5.41) is 0. The Hall–Kier alpha value is -1.43. The van der Waals surface area contributed by atoms with E-state index in [1.54, 1.807) is 26.1 Å². The van der Waals surface area contributed by atoms with Gasteiger partial charge in [-0.25, -0.2) is 0 Å². The molecule has 0 aromatic heterocycles. The van der Waals surface area contributed by atoms with E-state index in [1.807, 2.05) is 18.2 Å². The highest BCUT2D eigenvalue weighted by molar-refractivity contribution is 5.94. The molecule has 1 amide bonds. The lowest BCUT2D eigenvalue weighted by Gasteiger charge is -2.41. The number of carbonyl (C=O) groups is 1. The van der Waals surface area contributed by atoms with Crippen LogP contribution in [0.5, 0.6) is 0 Å². The summed E-state index contributed by atoms with van der Waals surface area (Å²) < 4.78 is 5.22. The van der Waals surface area contributed by atoms with Crippen molar-refractivity contribution in [3.63, 3.8) is 0 Å². The van der Waals surface area contributed by atoms with E-state index in [4.69, 9.17) is 4.74 Å². The fraction of sp³-hybridized carbons (Fsp3) is 0.632. The number of methoxy groups -OCH3 is 1. The van der Waals surface area contributed by atoms with Gasteiger partial charge in [0.15, 0.2) is 0 Å². The van der Waals surface area contributed by atoms with E-state index in [1.165, 1.54) is 5.56 Å². The third-order valence-corrected chi connectivity index (χ3v) is 4.73. The average Bonchev–Trinajstić information content (AvgIpc) is 2.60. The molecule has 1 unspecified atom stereocenters. The van der Waals surface area contributed by atoms with E-state index in [0.717, 1.165) is 51.3 Å². The number of hydrogen-bond donors (Lipinski definition) is 0. The SMILES string of the molecule is CCC1CN(Cc2cccc(C(=O)N(C)C)c2)CCN1CCOC. The van der Waals surface area contributed by atoms with Crippen molar-refractivity contribution in [2.45, 2.75) is 25.9 Å². The zero-order valence-electron chi connectivity index (χ0n) is 15.5. The number of benzene rings is 1. The minimum Gasteiger partial charge on any atom is -0.383 e. The monoisotopic (exact) mass is 333 g/mol. The van der Waals surface area contributed by atoms with E-state index < -0.39 is 0 Å². The summed E-state index contributed by atoms with van der Waals surface area (Å²) >= 11 is 0. The predicted octanol–water partition coefficient (Wildman–Crippen LogP) is 1.93. The van der Waals surface area contributed by atoms with Crippen LogP contribution in [0.3, 0.4) is 0 Å². The predicted molar refractivity (Wildman–Crippen MR) is 97.3 cm³/mol. The van der Waals surface area contributed by atoms with Gasteiger partial charge in [-0.05, 0) is 24.1 Å². The van der Waals surface area contributed by atoms with Gasteiger partial charge in [0.25, 0.3) is 5.91 Å². The third kappa shape index (κ3) is 5.03. The Bertz CT molecular complexity index is 533. The van der Waals surface area contributed by atoms with Gasteiger partial charge in [-0.2, -0.15) is 0 Å². The summed E-state index contributed by atoms with van der Waals surface area (Å²) in [5.74, 6) is 0.0627. The van der Waals surface area contributed by atoms with E-state index in [-0.39, 0.29) is 5.91 Å². The Kier molecular flexibility index (Phi) is 7.21. The highest BCUT2D eigenvalue weighted by atomic mass is 16.5. The second kappa shape index (κ2) is 9.16. The number of amides is 1.